The summed E-state index contributed by atoms with van der Waals surface area (Å²) in [5.74, 6) is -25.4. The van der Waals surface area contributed by atoms with Crippen LogP contribution < -0.4 is 16.1 Å². The molecule has 0 aliphatic carbocycles. The lowest BCUT2D eigenvalue weighted by Crippen LogP contribution is -2.70. The monoisotopic (exact) mass is 551 g/mol. The molecule has 0 spiro atoms. The number of nitrogens with two attached hydrogens (primary N) is 1. The van der Waals surface area contributed by atoms with E-state index in [9.17, 15) is 26.3 Å². The molecule has 14 heteroatoms. The Balaban J connectivity index is 3.32. The van der Waals surface area contributed by atoms with Crippen LogP contribution in [0.4, 0.5) is 43.9 Å². The van der Waals surface area contributed by atoms with E-state index >= 15 is 17.6 Å². The Morgan fingerprint density at radius 3 is 0.972 bits per heavy atom. The van der Waals surface area contributed by atoms with Crippen molar-refractivity contribution in [3.05, 3.63) is 58.2 Å². The highest BCUT2D eigenvalue weighted by Crippen LogP contribution is 2.64. The Labute approximate surface area is 201 Å². The van der Waals surface area contributed by atoms with E-state index in [1.165, 1.54) is 0 Å². The van der Waals surface area contributed by atoms with Crippen LogP contribution in [-0.2, 0) is 4.65 Å². The summed E-state index contributed by atoms with van der Waals surface area (Å²) in [5.41, 5.74) is -3.75. The predicted molar refractivity (Wildman–Crippen MR) is 118 cm³/mol. The van der Waals surface area contributed by atoms with Crippen LogP contribution in [-0.4, -0.2) is 29.8 Å². The molecule has 36 heavy (non-hydrogen) atoms. The van der Waals surface area contributed by atoms with Gasteiger partial charge in [-0.05, 0) is 7.11 Å². The summed E-state index contributed by atoms with van der Waals surface area (Å²) in [7, 11) is -2.81. The Kier molecular flexibility index (Phi) is 7.88. The Morgan fingerprint density at radius 2 is 0.778 bits per heavy atom. The molecule has 0 atom stereocenters. The number of benzene rings is 2. The SMILES string of the molecule is CO[B-](CP(=[NH2+])(C(C)(C)C)C(C)(C)C)(c1c(F)c(F)c(F)c(F)c1F)c1c(F)c(F)c(F)c(F)c1F. The van der Waals surface area contributed by atoms with Gasteiger partial charge in [0.25, 0.3) is 0 Å². The van der Waals surface area contributed by atoms with Crippen molar-refractivity contribution in [2.75, 3.05) is 13.2 Å². The first-order chi connectivity index (χ1) is 16.1. The third kappa shape index (κ3) is 4.25. The van der Waals surface area contributed by atoms with Gasteiger partial charge in [-0.15, -0.1) is 0 Å². The van der Waals surface area contributed by atoms with Crippen LogP contribution in [0.5, 0.6) is 0 Å². The maximum Gasteiger partial charge on any atom is 0.200 e. The standard InChI is InChI=1S/C22H24BF10NOP/c1-21(2,3)36(34,22(4,5)6)8-23(35-7,9-11(24)15(28)19(32)16(29)12(9)25)10-13(26)17(30)20(33)18(31)14(10)27/h34H,8H2,1-7H3/q-1/p+1. The van der Waals surface area contributed by atoms with Crippen LogP contribution in [0.2, 0.25) is 0 Å². The summed E-state index contributed by atoms with van der Waals surface area (Å²) in [6.07, 6.45) is -4.41. The van der Waals surface area contributed by atoms with Crippen molar-refractivity contribution < 1.29 is 53.7 Å². The average Bonchev–Trinajstić information content (AvgIpc) is 2.77. The number of hydrogen-bond donors (Lipinski definition) is 1. The van der Waals surface area contributed by atoms with E-state index in [0.29, 0.717) is 7.11 Å². The largest absolute Gasteiger partial charge is 0.584 e. The highest BCUT2D eigenvalue weighted by molar-refractivity contribution is 7.69. The minimum Gasteiger partial charge on any atom is -0.584 e. The fraction of sp³-hybridized carbons (Fsp3) is 0.455. The van der Waals surface area contributed by atoms with Gasteiger partial charge in [0.05, 0.1) is 7.05 Å². The van der Waals surface area contributed by atoms with Crippen LogP contribution in [0.3, 0.4) is 0 Å². The molecule has 0 fully saturated rings. The van der Waals surface area contributed by atoms with Gasteiger partial charge in [-0.25, -0.2) is 43.9 Å². The van der Waals surface area contributed by atoms with E-state index in [1.807, 2.05) is 0 Å². The first-order valence-electron chi connectivity index (χ1n) is 10.5. The molecule has 0 bridgehead atoms. The second-order valence-corrected chi connectivity index (χ2v) is 15.3. The highest BCUT2D eigenvalue weighted by atomic mass is 31.2. The van der Waals surface area contributed by atoms with E-state index in [1.54, 1.807) is 41.5 Å². The van der Waals surface area contributed by atoms with Gasteiger partial charge < -0.3 is 4.65 Å². The summed E-state index contributed by atoms with van der Waals surface area (Å²) in [5, 5.41) is 4.66. The zero-order chi connectivity index (χ0) is 28.3. The van der Waals surface area contributed by atoms with Gasteiger partial charge in [-0.3, -0.25) is 5.16 Å². The summed E-state index contributed by atoms with van der Waals surface area (Å²) in [6.45, 7) is 9.33. The molecule has 0 aliphatic rings. The maximum absolute atomic E-state index is 15.2. The predicted octanol–water partition coefficient (Wildman–Crippen LogP) is 4.88. The summed E-state index contributed by atoms with van der Waals surface area (Å²) < 4.78 is 151. The molecule has 0 amide bonds. The quantitative estimate of drug-likeness (QED) is 0.186. The number of halogens is 10. The molecule has 2 nitrogen and oxygen atoms in total. The summed E-state index contributed by atoms with van der Waals surface area (Å²) >= 11 is 0. The van der Waals surface area contributed by atoms with Crippen LogP contribution in [0, 0.1) is 58.2 Å². The normalized spacial score (nSPS) is 13.5. The maximum atomic E-state index is 15.2. The zero-order valence-corrected chi connectivity index (χ0v) is 21.4. The first kappa shape index (κ1) is 30.2. The fourth-order valence-electron chi connectivity index (χ4n) is 4.66. The molecule has 202 valence electrons. The molecule has 0 aromatic heterocycles. The van der Waals surface area contributed by atoms with Crippen LogP contribution in [0.15, 0.2) is 0 Å². The van der Waals surface area contributed by atoms with Gasteiger partial charge in [0.15, 0.2) is 41.3 Å². The molecule has 0 heterocycles. The number of hydrogen-bond acceptors (Lipinski definition) is 1. The third-order valence-corrected chi connectivity index (χ3v) is 12.6. The average molecular weight is 551 g/mol. The van der Waals surface area contributed by atoms with Gasteiger partial charge in [-0.2, -0.15) is 0 Å². The second kappa shape index (κ2) is 9.38. The van der Waals surface area contributed by atoms with E-state index in [4.69, 9.17) is 9.82 Å². The molecule has 0 unspecified atom stereocenters. The third-order valence-electron chi connectivity index (χ3n) is 6.76. The molecule has 2 aromatic rings. The van der Waals surface area contributed by atoms with E-state index in [-0.39, 0.29) is 0 Å². The van der Waals surface area contributed by atoms with Crippen molar-refractivity contribution in [3.63, 3.8) is 0 Å². The van der Waals surface area contributed by atoms with Crippen molar-refractivity contribution in [3.8, 4) is 0 Å². The molecule has 0 aliphatic heterocycles. The lowest BCUT2D eigenvalue weighted by Gasteiger charge is -2.50. The topological polar surface area (TPSA) is 34.8 Å². The van der Waals surface area contributed by atoms with Crippen molar-refractivity contribution in [1.82, 2.24) is 0 Å². The minimum absolute atomic E-state index is 0.603. The van der Waals surface area contributed by atoms with Crippen LogP contribution in [0.25, 0.3) is 0 Å². The van der Waals surface area contributed by atoms with Crippen molar-refractivity contribution in [2.24, 2.45) is 0 Å². The smallest absolute Gasteiger partial charge is 0.200 e. The van der Waals surface area contributed by atoms with Gasteiger partial charge in [0.2, 0.25) is 0 Å². The van der Waals surface area contributed by atoms with Crippen molar-refractivity contribution in [2.45, 2.75) is 51.9 Å². The Morgan fingerprint density at radius 1 is 0.556 bits per heavy atom. The van der Waals surface area contributed by atoms with Crippen LogP contribution in [0.1, 0.15) is 41.5 Å². The van der Waals surface area contributed by atoms with E-state index in [0.717, 1.165) is 0 Å². The van der Waals surface area contributed by atoms with E-state index in [2.05, 4.69) is 0 Å². The Bertz CT molecular complexity index is 1120. The molecular formula is C22H25BF10NOP. The van der Waals surface area contributed by atoms with Gasteiger partial charge >= 0.3 is 0 Å². The highest BCUT2D eigenvalue weighted by Gasteiger charge is 2.54. The van der Waals surface area contributed by atoms with Gasteiger partial charge in [0, 0.05) is 10.3 Å². The molecule has 2 N–H and O–H groups in total. The molecule has 0 radical (unpaired) electrons. The fourth-order valence-corrected chi connectivity index (χ4v) is 9.09. The molecule has 2 aromatic carbocycles. The van der Waals surface area contributed by atoms with Crippen molar-refractivity contribution >= 4 is 24.3 Å². The van der Waals surface area contributed by atoms with Crippen molar-refractivity contribution in [1.29, 1.82) is 0 Å². The number of rotatable bonds is 5. The summed E-state index contributed by atoms with van der Waals surface area (Å²) in [6, 6.07) is -1.01. The lowest BCUT2D eigenvalue weighted by molar-refractivity contribution is -0.0920. The zero-order valence-electron chi connectivity index (χ0n) is 20.5. The molecule has 0 saturated heterocycles. The molecular weight excluding hydrogens is 526 g/mol. The van der Waals surface area contributed by atoms with Gasteiger partial charge in [0.1, 0.15) is 23.3 Å². The minimum atomic E-state index is -4.41. The second-order valence-electron chi connectivity index (χ2n) is 10.6. The Hall–Kier alpha value is -2.01. The molecule has 0 saturated carbocycles. The first-order valence-corrected chi connectivity index (χ1v) is 12.6. The molecule has 2 rings (SSSR count). The summed E-state index contributed by atoms with van der Waals surface area (Å²) in [4.78, 5) is 0. The van der Waals surface area contributed by atoms with Gasteiger partial charge in [-0.1, -0.05) is 58.5 Å². The van der Waals surface area contributed by atoms with Crippen LogP contribution >= 0.6 is 7.05 Å². The lowest BCUT2D eigenvalue weighted by atomic mass is 9.32. The van der Waals surface area contributed by atoms with E-state index < -0.39 is 98.9 Å².